The second-order valence-corrected chi connectivity index (χ2v) is 7.62. The number of hydrogen-bond acceptors (Lipinski definition) is 7. The third-order valence-electron chi connectivity index (χ3n) is 2.13. The van der Waals surface area contributed by atoms with Crippen LogP contribution in [0.5, 0.6) is 0 Å². The summed E-state index contributed by atoms with van der Waals surface area (Å²) in [5, 5.41) is 9.15. The Hall–Kier alpha value is -1.01. The van der Waals surface area contributed by atoms with E-state index >= 15 is 0 Å². The molecule has 1 aromatic rings. The summed E-state index contributed by atoms with van der Waals surface area (Å²) in [7, 11) is -2.83. The van der Waals surface area contributed by atoms with Crippen molar-refractivity contribution in [1.82, 2.24) is 4.72 Å². The summed E-state index contributed by atoms with van der Waals surface area (Å²) >= 11 is 3.91. The Morgan fingerprint density at radius 2 is 2.20 bits per heavy atom. The summed E-state index contributed by atoms with van der Waals surface area (Å²) in [4.78, 5) is 21.8. The fourth-order valence-corrected chi connectivity index (χ4v) is 4.62. The molecule has 0 spiro atoms. The Labute approximate surface area is 127 Å². The van der Waals surface area contributed by atoms with Crippen LogP contribution >= 0.6 is 27.3 Å². The first-order chi connectivity index (χ1) is 9.19. The molecule has 1 unspecified atom stereocenters. The third kappa shape index (κ3) is 3.99. The molecule has 0 aliphatic heterocycles. The zero-order chi connectivity index (χ0) is 15.5. The Morgan fingerprint density at radius 1 is 1.60 bits per heavy atom. The van der Waals surface area contributed by atoms with E-state index in [4.69, 9.17) is 10.8 Å². The topological polar surface area (TPSA) is 136 Å². The van der Waals surface area contributed by atoms with Crippen LogP contribution in [0.15, 0.2) is 14.7 Å². The van der Waals surface area contributed by atoms with Gasteiger partial charge in [0.1, 0.15) is 15.9 Å². The molecule has 0 saturated heterocycles. The molecule has 11 heteroatoms. The van der Waals surface area contributed by atoms with Crippen LogP contribution in [-0.4, -0.2) is 45.2 Å². The maximum atomic E-state index is 12.0. The number of halogens is 1. The molecule has 1 atom stereocenters. The lowest BCUT2D eigenvalue weighted by molar-refractivity contribution is -0.125. The molecule has 1 aromatic heterocycles. The first-order valence-electron chi connectivity index (χ1n) is 5.03. The van der Waals surface area contributed by atoms with E-state index in [1.807, 2.05) is 4.72 Å². The Kier molecular flexibility index (Phi) is 5.65. The fourth-order valence-electron chi connectivity index (χ4n) is 1.10. The van der Waals surface area contributed by atoms with Gasteiger partial charge in [0, 0.05) is 6.54 Å². The van der Waals surface area contributed by atoms with Gasteiger partial charge in [-0.05, 0) is 22.0 Å². The maximum Gasteiger partial charge on any atom is 0.348 e. The van der Waals surface area contributed by atoms with Gasteiger partial charge in [0.25, 0.3) is 0 Å². The third-order valence-corrected chi connectivity index (χ3v) is 5.78. The first kappa shape index (κ1) is 17.0. The van der Waals surface area contributed by atoms with Crippen LogP contribution in [0.3, 0.4) is 0 Å². The zero-order valence-corrected chi connectivity index (χ0v) is 13.3. The van der Waals surface area contributed by atoms with E-state index in [0.717, 1.165) is 17.4 Å². The SMILES string of the molecule is COC(=O)c1cc(S(=O)(=O)NCC(O)C(N)=O)c(Br)s1. The van der Waals surface area contributed by atoms with Gasteiger partial charge in [-0.25, -0.2) is 17.9 Å². The van der Waals surface area contributed by atoms with Crippen molar-refractivity contribution in [2.45, 2.75) is 11.0 Å². The number of aliphatic hydroxyl groups is 1. The van der Waals surface area contributed by atoms with Crippen molar-refractivity contribution in [1.29, 1.82) is 0 Å². The molecule has 0 saturated carbocycles. The molecule has 112 valence electrons. The van der Waals surface area contributed by atoms with Crippen LogP contribution in [0.2, 0.25) is 0 Å². The number of aliphatic hydroxyl groups excluding tert-OH is 1. The zero-order valence-electron chi connectivity index (χ0n) is 10.1. The van der Waals surface area contributed by atoms with Crippen molar-refractivity contribution in [3.05, 3.63) is 14.7 Å². The molecule has 0 fully saturated rings. The van der Waals surface area contributed by atoms with Gasteiger partial charge in [0.2, 0.25) is 15.9 Å². The monoisotopic (exact) mass is 386 g/mol. The molecule has 0 aromatic carbocycles. The number of nitrogens with one attached hydrogen (secondary N) is 1. The second kappa shape index (κ2) is 6.63. The van der Waals surface area contributed by atoms with Gasteiger partial charge in [-0.2, -0.15) is 0 Å². The number of ether oxygens (including phenoxy) is 1. The van der Waals surface area contributed by atoms with Gasteiger partial charge in [-0.1, -0.05) is 0 Å². The Morgan fingerprint density at radius 3 is 2.70 bits per heavy atom. The van der Waals surface area contributed by atoms with Gasteiger partial charge in [0.15, 0.2) is 0 Å². The second-order valence-electron chi connectivity index (χ2n) is 3.51. The molecule has 0 radical (unpaired) electrons. The molecule has 4 N–H and O–H groups in total. The van der Waals surface area contributed by atoms with Crippen molar-refractivity contribution >= 4 is 49.2 Å². The lowest BCUT2D eigenvalue weighted by atomic mass is 10.3. The van der Waals surface area contributed by atoms with Gasteiger partial charge >= 0.3 is 5.97 Å². The van der Waals surface area contributed by atoms with E-state index in [0.29, 0.717) is 0 Å². The molecule has 0 bridgehead atoms. The summed E-state index contributed by atoms with van der Waals surface area (Å²) < 4.78 is 30.6. The number of nitrogens with two attached hydrogens (primary N) is 1. The average Bonchev–Trinajstić information content (AvgIpc) is 2.77. The molecular formula is C9H11BrN2O6S2. The number of carbonyl (C=O) groups excluding carboxylic acids is 2. The van der Waals surface area contributed by atoms with E-state index in [-0.39, 0.29) is 13.6 Å². The van der Waals surface area contributed by atoms with E-state index in [2.05, 4.69) is 20.7 Å². The Bertz CT molecular complexity index is 626. The van der Waals surface area contributed by atoms with Crippen LogP contribution in [0, 0.1) is 0 Å². The molecule has 0 aliphatic carbocycles. The molecule has 0 aliphatic rings. The number of methoxy groups -OCH3 is 1. The van der Waals surface area contributed by atoms with E-state index in [9.17, 15) is 18.0 Å². The maximum absolute atomic E-state index is 12.0. The number of sulfonamides is 1. The van der Waals surface area contributed by atoms with Crippen molar-refractivity contribution in [3.63, 3.8) is 0 Å². The van der Waals surface area contributed by atoms with Crippen LogP contribution in [-0.2, 0) is 19.6 Å². The fraction of sp³-hybridized carbons (Fsp3) is 0.333. The lowest BCUT2D eigenvalue weighted by Gasteiger charge is -2.08. The van der Waals surface area contributed by atoms with Crippen molar-refractivity contribution in [2.24, 2.45) is 5.73 Å². The van der Waals surface area contributed by atoms with Crippen LogP contribution in [0.25, 0.3) is 0 Å². The van der Waals surface area contributed by atoms with E-state index in [1.54, 1.807) is 0 Å². The quantitative estimate of drug-likeness (QED) is 0.559. The first-order valence-corrected chi connectivity index (χ1v) is 8.13. The predicted molar refractivity (Wildman–Crippen MR) is 73.7 cm³/mol. The minimum atomic E-state index is -4.00. The summed E-state index contributed by atoms with van der Waals surface area (Å²) in [5.41, 5.74) is 4.80. The number of amides is 1. The molecule has 1 heterocycles. The standard InChI is InChI=1S/C9H11BrN2O6S2/c1-18-9(15)5-2-6(7(10)19-5)20(16,17)12-3-4(13)8(11)14/h2,4,12-13H,3H2,1H3,(H2,11,14). The summed E-state index contributed by atoms with van der Waals surface area (Å²) in [6.45, 7) is -0.562. The molecule has 20 heavy (non-hydrogen) atoms. The average molecular weight is 387 g/mol. The minimum absolute atomic E-state index is 0.0928. The van der Waals surface area contributed by atoms with E-state index in [1.165, 1.54) is 7.11 Å². The van der Waals surface area contributed by atoms with Crippen molar-refractivity contribution < 1.29 is 27.9 Å². The summed E-state index contributed by atoms with van der Waals surface area (Å²) in [6.07, 6.45) is -1.64. The highest BCUT2D eigenvalue weighted by molar-refractivity contribution is 9.11. The largest absolute Gasteiger partial charge is 0.465 e. The summed E-state index contributed by atoms with van der Waals surface area (Å²) in [6, 6.07) is 1.12. The number of thiophene rings is 1. The van der Waals surface area contributed by atoms with Crippen molar-refractivity contribution in [3.8, 4) is 0 Å². The summed E-state index contributed by atoms with van der Waals surface area (Å²) in [5.74, 6) is -1.72. The normalized spacial score (nSPS) is 12.9. The highest BCUT2D eigenvalue weighted by Crippen LogP contribution is 2.31. The number of carbonyl (C=O) groups is 2. The smallest absolute Gasteiger partial charge is 0.348 e. The molecule has 1 rings (SSSR count). The van der Waals surface area contributed by atoms with Gasteiger partial charge in [-0.3, -0.25) is 4.79 Å². The minimum Gasteiger partial charge on any atom is -0.465 e. The van der Waals surface area contributed by atoms with Gasteiger partial charge in [0.05, 0.1) is 10.9 Å². The highest BCUT2D eigenvalue weighted by Gasteiger charge is 2.25. The van der Waals surface area contributed by atoms with Gasteiger partial charge < -0.3 is 15.6 Å². The highest BCUT2D eigenvalue weighted by atomic mass is 79.9. The van der Waals surface area contributed by atoms with Crippen molar-refractivity contribution in [2.75, 3.05) is 13.7 Å². The lowest BCUT2D eigenvalue weighted by Crippen LogP contribution is -2.39. The van der Waals surface area contributed by atoms with Gasteiger partial charge in [-0.15, -0.1) is 11.3 Å². The van der Waals surface area contributed by atoms with Crippen LogP contribution < -0.4 is 10.5 Å². The van der Waals surface area contributed by atoms with Crippen LogP contribution in [0.1, 0.15) is 9.67 Å². The van der Waals surface area contributed by atoms with E-state index < -0.39 is 34.5 Å². The molecular weight excluding hydrogens is 376 g/mol. The number of rotatable bonds is 6. The van der Waals surface area contributed by atoms with Crippen LogP contribution in [0.4, 0.5) is 0 Å². The number of hydrogen-bond donors (Lipinski definition) is 3. The predicted octanol–water partition coefficient (Wildman–Crippen LogP) is -0.578. The number of primary amides is 1. The molecule has 8 nitrogen and oxygen atoms in total. The Balaban J connectivity index is 2.96. The number of esters is 1. The molecule has 1 amide bonds.